The molecule has 0 N–H and O–H groups in total. The van der Waals surface area contributed by atoms with Crippen LogP contribution in [0, 0.1) is 0 Å². The number of carbonyl (C=O) groups is 1. The largest absolute Gasteiger partial charge is 0.493 e. The summed E-state index contributed by atoms with van der Waals surface area (Å²) in [7, 11) is 7.15. The minimum atomic E-state index is -0.136. The Morgan fingerprint density at radius 2 is 1.87 bits per heavy atom. The van der Waals surface area contributed by atoms with E-state index in [-0.39, 0.29) is 5.91 Å². The van der Waals surface area contributed by atoms with Crippen LogP contribution in [0.25, 0.3) is 6.08 Å². The lowest BCUT2D eigenvalue weighted by Gasteiger charge is -2.17. The van der Waals surface area contributed by atoms with E-state index in [1.54, 1.807) is 25.2 Å². The van der Waals surface area contributed by atoms with E-state index in [0.717, 1.165) is 22.5 Å². The molecule has 1 aliphatic rings. The van der Waals surface area contributed by atoms with Crippen LogP contribution >= 0.6 is 24.0 Å². The third-order valence-electron chi connectivity index (χ3n) is 4.66. The molecule has 0 saturated carbocycles. The normalized spacial score (nSPS) is 14.9. The van der Waals surface area contributed by atoms with Crippen LogP contribution < -0.4 is 19.3 Å². The van der Waals surface area contributed by atoms with Gasteiger partial charge in [0.15, 0.2) is 15.8 Å². The number of ether oxygens (including phenoxy) is 2. The van der Waals surface area contributed by atoms with Gasteiger partial charge in [-0.2, -0.15) is 0 Å². The fourth-order valence-corrected chi connectivity index (χ4v) is 4.50. The molecule has 156 valence electrons. The smallest absolute Gasteiger partial charge is 0.270 e. The molecule has 30 heavy (non-hydrogen) atoms. The Kier molecular flexibility index (Phi) is 6.84. The Labute approximate surface area is 187 Å². The first kappa shape index (κ1) is 21.9. The molecule has 0 atom stereocenters. The topological polar surface area (TPSA) is 42.0 Å². The van der Waals surface area contributed by atoms with Gasteiger partial charge in [-0.05, 0) is 54.5 Å². The Balaban J connectivity index is 1.95. The predicted octanol–water partition coefficient (Wildman–Crippen LogP) is 4.90. The van der Waals surface area contributed by atoms with Crippen LogP contribution in [0.4, 0.5) is 11.4 Å². The average molecular weight is 441 g/mol. The fourth-order valence-electron chi connectivity index (χ4n) is 3.20. The number of anilines is 2. The molecule has 7 heteroatoms. The van der Waals surface area contributed by atoms with Crippen molar-refractivity contribution in [1.82, 2.24) is 0 Å². The molecular formula is C23H24N2O3S2. The summed E-state index contributed by atoms with van der Waals surface area (Å²) in [4.78, 5) is 17.2. The van der Waals surface area contributed by atoms with Crippen LogP contribution in [-0.4, -0.2) is 38.5 Å². The Morgan fingerprint density at radius 1 is 1.17 bits per heavy atom. The number of hydrogen-bond donors (Lipinski definition) is 0. The highest BCUT2D eigenvalue weighted by Gasteiger charge is 2.33. The first-order valence-corrected chi connectivity index (χ1v) is 10.5. The third-order valence-corrected chi connectivity index (χ3v) is 5.96. The van der Waals surface area contributed by atoms with Crippen LogP contribution in [0.5, 0.6) is 11.5 Å². The molecule has 3 rings (SSSR count). The standard InChI is InChI=1S/C23H24N2O3S2/c1-6-7-16-12-15(13-19(27-4)21(16)28-5)14-20-22(26)25(23(29)30-20)18-10-8-17(9-11-18)24(2)3/h6,8-14H,1,7H2,2-5H3/b20-14-. The summed E-state index contributed by atoms with van der Waals surface area (Å²) in [6, 6.07) is 11.6. The van der Waals surface area contributed by atoms with Gasteiger partial charge in [0.2, 0.25) is 0 Å². The molecule has 5 nitrogen and oxygen atoms in total. The van der Waals surface area contributed by atoms with Crippen molar-refractivity contribution in [1.29, 1.82) is 0 Å². The van der Waals surface area contributed by atoms with Crippen molar-refractivity contribution in [2.75, 3.05) is 38.1 Å². The van der Waals surface area contributed by atoms with E-state index < -0.39 is 0 Å². The second-order valence-electron chi connectivity index (χ2n) is 6.84. The third kappa shape index (κ3) is 4.37. The van der Waals surface area contributed by atoms with Gasteiger partial charge in [0.25, 0.3) is 5.91 Å². The lowest BCUT2D eigenvalue weighted by atomic mass is 10.0. The summed E-state index contributed by atoms with van der Waals surface area (Å²) >= 11 is 6.78. The van der Waals surface area contributed by atoms with E-state index in [2.05, 4.69) is 6.58 Å². The van der Waals surface area contributed by atoms with Crippen LogP contribution in [-0.2, 0) is 11.2 Å². The molecule has 1 fully saturated rings. The number of thioether (sulfide) groups is 1. The highest BCUT2D eigenvalue weighted by molar-refractivity contribution is 8.27. The SMILES string of the molecule is C=CCc1cc(/C=C2\SC(=S)N(c3ccc(N(C)C)cc3)C2=O)cc(OC)c1OC. The molecule has 2 aromatic carbocycles. The lowest BCUT2D eigenvalue weighted by molar-refractivity contribution is -0.113. The quantitative estimate of drug-likeness (QED) is 0.346. The summed E-state index contributed by atoms with van der Waals surface area (Å²) in [5.41, 5.74) is 3.59. The summed E-state index contributed by atoms with van der Waals surface area (Å²) in [5.74, 6) is 1.14. The minimum absolute atomic E-state index is 0.136. The van der Waals surface area contributed by atoms with Crippen molar-refractivity contribution in [3.63, 3.8) is 0 Å². The van der Waals surface area contributed by atoms with Crippen LogP contribution in [0.3, 0.4) is 0 Å². The number of nitrogens with zero attached hydrogens (tertiary/aromatic N) is 2. The zero-order valence-corrected chi connectivity index (χ0v) is 19.1. The van der Waals surface area contributed by atoms with Gasteiger partial charge >= 0.3 is 0 Å². The summed E-state index contributed by atoms with van der Waals surface area (Å²) in [6.07, 6.45) is 4.26. The monoisotopic (exact) mass is 440 g/mol. The van der Waals surface area contributed by atoms with Crippen molar-refractivity contribution in [2.24, 2.45) is 0 Å². The number of benzene rings is 2. The van der Waals surface area contributed by atoms with Gasteiger partial charge in [0.05, 0.1) is 24.8 Å². The Hall–Kier alpha value is -2.77. The number of hydrogen-bond acceptors (Lipinski definition) is 6. The summed E-state index contributed by atoms with van der Waals surface area (Å²) in [5, 5.41) is 0. The maximum Gasteiger partial charge on any atom is 0.270 e. The van der Waals surface area contributed by atoms with Gasteiger partial charge in [0, 0.05) is 25.3 Å². The number of methoxy groups -OCH3 is 2. The number of allylic oxidation sites excluding steroid dienone is 1. The molecule has 0 spiro atoms. The predicted molar refractivity (Wildman–Crippen MR) is 130 cm³/mol. The van der Waals surface area contributed by atoms with Crippen molar-refractivity contribution >= 4 is 51.7 Å². The zero-order chi connectivity index (χ0) is 21.8. The molecule has 0 radical (unpaired) electrons. The van der Waals surface area contributed by atoms with E-state index in [0.29, 0.717) is 27.1 Å². The number of rotatable bonds is 7. The first-order chi connectivity index (χ1) is 14.4. The van der Waals surface area contributed by atoms with Crippen molar-refractivity contribution in [3.05, 3.63) is 65.1 Å². The van der Waals surface area contributed by atoms with Gasteiger partial charge in [0.1, 0.15) is 0 Å². The highest BCUT2D eigenvalue weighted by atomic mass is 32.2. The van der Waals surface area contributed by atoms with E-state index in [1.807, 2.05) is 61.5 Å². The molecular weight excluding hydrogens is 416 g/mol. The van der Waals surface area contributed by atoms with Gasteiger partial charge in [-0.25, -0.2) is 0 Å². The number of amides is 1. The molecule has 1 aliphatic heterocycles. The highest BCUT2D eigenvalue weighted by Crippen LogP contribution is 2.38. The maximum absolute atomic E-state index is 13.1. The summed E-state index contributed by atoms with van der Waals surface area (Å²) < 4.78 is 11.5. The van der Waals surface area contributed by atoms with E-state index in [4.69, 9.17) is 21.7 Å². The van der Waals surface area contributed by atoms with Crippen LogP contribution in [0.1, 0.15) is 11.1 Å². The van der Waals surface area contributed by atoms with Crippen molar-refractivity contribution in [2.45, 2.75) is 6.42 Å². The van der Waals surface area contributed by atoms with Gasteiger partial charge in [-0.3, -0.25) is 9.69 Å². The molecule has 1 amide bonds. The number of carbonyl (C=O) groups excluding carboxylic acids is 1. The molecule has 2 aromatic rings. The van der Waals surface area contributed by atoms with E-state index in [1.165, 1.54) is 11.8 Å². The summed E-state index contributed by atoms with van der Waals surface area (Å²) in [6.45, 7) is 3.81. The second kappa shape index (κ2) is 9.36. The van der Waals surface area contributed by atoms with Gasteiger partial charge in [-0.1, -0.05) is 30.1 Å². The molecule has 0 aliphatic carbocycles. The fraction of sp³-hybridized carbons (Fsp3) is 0.217. The average Bonchev–Trinajstić information content (AvgIpc) is 3.00. The van der Waals surface area contributed by atoms with Crippen LogP contribution in [0.15, 0.2) is 54.0 Å². The van der Waals surface area contributed by atoms with Crippen molar-refractivity contribution in [3.8, 4) is 11.5 Å². The molecule has 0 unspecified atom stereocenters. The number of thiocarbonyl (C=S) groups is 1. The molecule has 1 saturated heterocycles. The Morgan fingerprint density at radius 3 is 2.43 bits per heavy atom. The Bertz CT molecular complexity index is 1010. The van der Waals surface area contributed by atoms with Crippen LogP contribution in [0.2, 0.25) is 0 Å². The van der Waals surface area contributed by atoms with E-state index in [9.17, 15) is 4.79 Å². The molecule has 1 heterocycles. The van der Waals surface area contributed by atoms with Crippen molar-refractivity contribution < 1.29 is 14.3 Å². The minimum Gasteiger partial charge on any atom is -0.493 e. The lowest BCUT2D eigenvalue weighted by Crippen LogP contribution is -2.27. The van der Waals surface area contributed by atoms with E-state index >= 15 is 0 Å². The second-order valence-corrected chi connectivity index (χ2v) is 8.51. The molecule has 0 aromatic heterocycles. The molecule has 0 bridgehead atoms. The zero-order valence-electron chi connectivity index (χ0n) is 17.5. The first-order valence-electron chi connectivity index (χ1n) is 9.30. The van der Waals surface area contributed by atoms with Gasteiger partial charge < -0.3 is 14.4 Å². The maximum atomic E-state index is 13.1. The van der Waals surface area contributed by atoms with Gasteiger partial charge in [-0.15, -0.1) is 6.58 Å².